The van der Waals surface area contributed by atoms with Crippen LogP contribution in [-0.2, 0) is 14.3 Å². The van der Waals surface area contributed by atoms with Crippen molar-refractivity contribution in [3.8, 4) is 11.1 Å². The molecular formula is C25H30N2O5. The van der Waals surface area contributed by atoms with Gasteiger partial charge in [0.2, 0.25) is 5.91 Å². The summed E-state index contributed by atoms with van der Waals surface area (Å²) in [6.45, 7) is 3.94. The Morgan fingerprint density at radius 3 is 2.16 bits per heavy atom. The molecule has 0 fully saturated rings. The quantitative estimate of drug-likeness (QED) is 0.546. The average molecular weight is 439 g/mol. The highest BCUT2D eigenvalue weighted by molar-refractivity contribution is 5.81. The Morgan fingerprint density at radius 1 is 1.00 bits per heavy atom. The van der Waals surface area contributed by atoms with Crippen LogP contribution in [0.25, 0.3) is 11.1 Å². The van der Waals surface area contributed by atoms with Crippen molar-refractivity contribution < 1.29 is 24.2 Å². The summed E-state index contributed by atoms with van der Waals surface area (Å²) < 4.78 is 5.49. The topological polar surface area (TPSA) is 95.9 Å². The van der Waals surface area contributed by atoms with Gasteiger partial charge < -0.3 is 20.1 Å². The zero-order valence-electron chi connectivity index (χ0n) is 18.5. The smallest absolute Gasteiger partial charge is 0.407 e. The highest BCUT2D eigenvalue weighted by Crippen LogP contribution is 2.44. The number of aliphatic carboxylic acids is 1. The molecule has 7 nitrogen and oxygen atoms in total. The highest BCUT2D eigenvalue weighted by atomic mass is 16.5. The number of nitrogens with zero attached hydrogens (tertiary/aromatic N) is 1. The first-order valence-corrected chi connectivity index (χ1v) is 11.0. The number of rotatable bonds is 10. The molecule has 2 N–H and O–H groups in total. The molecule has 32 heavy (non-hydrogen) atoms. The number of benzene rings is 2. The van der Waals surface area contributed by atoms with E-state index in [4.69, 9.17) is 9.84 Å². The first-order valence-electron chi connectivity index (χ1n) is 11.0. The van der Waals surface area contributed by atoms with Gasteiger partial charge in [0.1, 0.15) is 13.2 Å². The van der Waals surface area contributed by atoms with Crippen LogP contribution in [0.4, 0.5) is 4.79 Å². The van der Waals surface area contributed by atoms with Crippen molar-refractivity contribution in [1.82, 2.24) is 10.2 Å². The third-order valence-corrected chi connectivity index (χ3v) is 5.68. The van der Waals surface area contributed by atoms with Gasteiger partial charge in [-0.3, -0.25) is 9.59 Å². The van der Waals surface area contributed by atoms with Crippen molar-refractivity contribution in [2.75, 3.05) is 19.7 Å². The summed E-state index contributed by atoms with van der Waals surface area (Å²) in [5.74, 6) is -1.20. The van der Waals surface area contributed by atoms with Crippen molar-refractivity contribution in [3.63, 3.8) is 0 Å². The molecule has 0 unspecified atom stereocenters. The van der Waals surface area contributed by atoms with Crippen LogP contribution < -0.4 is 5.32 Å². The summed E-state index contributed by atoms with van der Waals surface area (Å²) in [5, 5.41) is 11.7. The molecule has 170 valence electrons. The van der Waals surface area contributed by atoms with Crippen LogP contribution in [0.2, 0.25) is 0 Å². The number of hydrogen-bond acceptors (Lipinski definition) is 4. The van der Waals surface area contributed by atoms with Crippen molar-refractivity contribution in [2.24, 2.45) is 0 Å². The largest absolute Gasteiger partial charge is 0.480 e. The number of alkyl carbamates (subject to hydrolysis) is 1. The molecule has 0 aliphatic heterocycles. The SMILES string of the molecule is CC(C)N(CC(=O)O)C(=O)CCCCNC(=O)OCC1c2ccccc2-c2ccccc21. The second-order valence-electron chi connectivity index (χ2n) is 8.22. The Bertz CT molecular complexity index is 927. The number of carbonyl (C=O) groups excluding carboxylic acids is 2. The fraction of sp³-hybridized carbons (Fsp3) is 0.400. The molecule has 0 saturated heterocycles. The number of unbranched alkanes of at least 4 members (excludes halogenated alkanes) is 1. The zero-order chi connectivity index (χ0) is 23.1. The van der Waals surface area contributed by atoms with E-state index in [1.807, 2.05) is 24.3 Å². The number of nitrogens with one attached hydrogen (secondary N) is 1. The number of carboxylic acids is 1. The summed E-state index contributed by atoms with van der Waals surface area (Å²) in [4.78, 5) is 36.6. The second kappa shape index (κ2) is 10.8. The summed E-state index contributed by atoms with van der Waals surface area (Å²) in [6, 6.07) is 16.2. The maximum absolute atomic E-state index is 12.2. The summed E-state index contributed by atoms with van der Waals surface area (Å²) >= 11 is 0. The highest BCUT2D eigenvalue weighted by Gasteiger charge is 2.29. The number of fused-ring (bicyclic) bond motifs is 3. The van der Waals surface area contributed by atoms with E-state index < -0.39 is 12.1 Å². The van der Waals surface area contributed by atoms with E-state index in [1.165, 1.54) is 16.0 Å². The van der Waals surface area contributed by atoms with Gasteiger partial charge in [-0.1, -0.05) is 48.5 Å². The van der Waals surface area contributed by atoms with Crippen LogP contribution in [0.3, 0.4) is 0 Å². The molecule has 7 heteroatoms. The number of amides is 2. The maximum Gasteiger partial charge on any atom is 0.407 e. The van der Waals surface area contributed by atoms with Crippen molar-refractivity contribution in [3.05, 3.63) is 59.7 Å². The normalized spacial score (nSPS) is 12.2. The molecule has 0 atom stereocenters. The maximum atomic E-state index is 12.2. The predicted octanol–water partition coefficient (Wildman–Crippen LogP) is 4.02. The molecule has 1 aliphatic rings. The van der Waals surface area contributed by atoms with Crippen LogP contribution in [-0.4, -0.2) is 53.7 Å². The lowest BCUT2D eigenvalue weighted by Crippen LogP contribution is -2.40. The van der Waals surface area contributed by atoms with E-state index in [9.17, 15) is 14.4 Å². The second-order valence-corrected chi connectivity index (χ2v) is 8.22. The summed E-state index contributed by atoms with van der Waals surface area (Å²) in [5.41, 5.74) is 4.69. The Balaban J connectivity index is 1.41. The van der Waals surface area contributed by atoms with E-state index in [0.717, 1.165) is 11.1 Å². The molecule has 0 aromatic heterocycles. The van der Waals surface area contributed by atoms with Gasteiger partial charge in [-0.05, 0) is 48.9 Å². The van der Waals surface area contributed by atoms with E-state index in [0.29, 0.717) is 19.4 Å². The van der Waals surface area contributed by atoms with E-state index in [1.54, 1.807) is 13.8 Å². The first-order chi connectivity index (χ1) is 15.4. The third-order valence-electron chi connectivity index (χ3n) is 5.68. The number of ether oxygens (including phenoxy) is 1. The van der Waals surface area contributed by atoms with Gasteiger partial charge in [-0.2, -0.15) is 0 Å². The predicted molar refractivity (Wildman–Crippen MR) is 121 cm³/mol. The van der Waals surface area contributed by atoms with Crippen LogP contribution in [0.5, 0.6) is 0 Å². The minimum absolute atomic E-state index is 0.0158. The molecule has 2 amide bonds. The monoisotopic (exact) mass is 438 g/mol. The van der Waals surface area contributed by atoms with Crippen LogP contribution in [0.15, 0.2) is 48.5 Å². The molecule has 1 aliphatic carbocycles. The van der Waals surface area contributed by atoms with E-state index >= 15 is 0 Å². The Labute approximate surface area is 188 Å². The van der Waals surface area contributed by atoms with Crippen LogP contribution in [0, 0.1) is 0 Å². The summed E-state index contributed by atoms with van der Waals surface area (Å²) in [6.07, 6.45) is 0.936. The lowest BCUT2D eigenvalue weighted by molar-refractivity contribution is -0.145. The van der Waals surface area contributed by atoms with Gasteiger partial charge in [-0.25, -0.2) is 4.79 Å². The van der Waals surface area contributed by atoms with E-state index in [-0.39, 0.29) is 37.4 Å². The molecule has 3 rings (SSSR count). The van der Waals surface area contributed by atoms with Gasteiger partial charge in [0, 0.05) is 24.9 Å². The van der Waals surface area contributed by atoms with Crippen LogP contribution >= 0.6 is 0 Å². The molecular weight excluding hydrogens is 408 g/mol. The lowest BCUT2D eigenvalue weighted by atomic mass is 9.98. The first kappa shape index (κ1) is 23.3. The van der Waals surface area contributed by atoms with Gasteiger partial charge >= 0.3 is 12.1 Å². The molecule has 2 aromatic rings. The Hall–Kier alpha value is -3.35. The van der Waals surface area contributed by atoms with Gasteiger partial charge in [0.25, 0.3) is 0 Å². The minimum Gasteiger partial charge on any atom is -0.480 e. The van der Waals surface area contributed by atoms with E-state index in [2.05, 4.69) is 29.6 Å². The molecule has 0 bridgehead atoms. The Morgan fingerprint density at radius 2 is 1.59 bits per heavy atom. The molecule has 0 spiro atoms. The molecule has 2 aromatic carbocycles. The fourth-order valence-corrected chi connectivity index (χ4v) is 4.09. The number of hydrogen-bond donors (Lipinski definition) is 2. The van der Waals surface area contributed by atoms with Gasteiger partial charge in [0.15, 0.2) is 0 Å². The molecule has 0 saturated carbocycles. The third kappa shape index (κ3) is 5.66. The van der Waals surface area contributed by atoms with Crippen LogP contribution in [0.1, 0.15) is 50.2 Å². The number of carbonyl (C=O) groups is 3. The van der Waals surface area contributed by atoms with Gasteiger partial charge in [-0.15, -0.1) is 0 Å². The average Bonchev–Trinajstić information content (AvgIpc) is 3.09. The zero-order valence-corrected chi connectivity index (χ0v) is 18.5. The lowest BCUT2D eigenvalue weighted by Gasteiger charge is -2.24. The standard InChI is InChI=1S/C25H30N2O5/c1-17(2)27(15-24(29)30)23(28)13-7-8-14-26-25(31)32-16-22-20-11-5-3-9-18(20)19-10-4-6-12-21(19)22/h3-6,9-12,17,22H,7-8,13-16H2,1-2H3,(H,26,31)(H,29,30). The molecule has 0 heterocycles. The van der Waals surface area contributed by atoms with Crippen molar-refractivity contribution >= 4 is 18.0 Å². The fourth-order valence-electron chi connectivity index (χ4n) is 4.09. The van der Waals surface area contributed by atoms with Gasteiger partial charge in [0.05, 0.1) is 0 Å². The minimum atomic E-state index is -1.02. The Kier molecular flexibility index (Phi) is 7.87. The molecule has 0 radical (unpaired) electrons. The van der Waals surface area contributed by atoms with Crippen molar-refractivity contribution in [2.45, 2.75) is 45.1 Å². The van der Waals surface area contributed by atoms with Crippen molar-refractivity contribution in [1.29, 1.82) is 0 Å². The summed E-state index contributed by atoms with van der Waals surface area (Å²) in [7, 11) is 0. The number of carboxylic acid groups (broad SMARTS) is 1.